The first kappa shape index (κ1) is 19.8. The van der Waals surface area contributed by atoms with Crippen LogP contribution in [0.1, 0.15) is 51.4 Å². The number of likely N-dealkylation sites (tertiary alicyclic amines) is 1. The lowest BCUT2D eigenvalue weighted by atomic mass is 9.80. The first-order chi connectivity index (χ1) is 10.9. The normalized spacial score (nSPS) is 29.2. The van der Waals surface area contributed by atoms with Gasteiger partial charge < -0.3 is 10.2 Å². The Morgan fingerprint density at radius 1 is 1.04 bits per heavy atom. The Morgan fingerprint density at radius 2 is 1.71 bits per heavy atom. The van der Waals surface area contributed by atoms with Crippen molar-refractivity contribution in [3.05, 3.63) is 0 Å². The molecular weight excluding hydrogens is 341 g/mol. The topological polar surface area (TPSA) is 32.3 Å². The van der Waals surface area contributed by atoms with E-state index in [0.29, 0.717) is 32.0 Å². The minimum atomic E-state index is -4.15. The standard InChI is InChI=1S/C17H27F3N2O.ClH/c18-17(19,20)14-3-1-2-13(10-14)16(23)22-8-6-15(7-9-22)21-11-12-4-5-12;/h12-15,21H,1-11H2;1H. The van der Waals surface area contributed by atoms with Gasteiger partial charge in [-0.2, -0.15) is 13.2 Å². The smallest absolute Gasteiger partial charge is 0.342 e. The van der Waals surface area contributed by atoms with E-state index in [2.05, 4.69) is 5.32 Å². The number of hydrogen-bond donors (Lipinski definition) is 1. The summed E-state index contributed by atoms with van der Waals surface area (Å²) in [5, 5.41) is 3.56. The summed E-state index contributed by atoms with van der Waals surface area (Å²) in [6.07, 6.45) is 1.65. The number of carbonyl (C=O) groups excluding carboxylic acids is 1. The van der Waals surface area contributed by atoms with Crippen molar-refractivity contribution in [2.45, 2.75) is 63.6 Å². The van der Waals surface area contributed by atoms with Crippen LogP contribution in [-0.2, 0) is 4.79 Å². The Kier molecular flexibility index (Phi) is 6.82. The van der Waals surface area contributed by atoms with Crippen molar-refractivity contribution in [1.82, 2.24) is 10.2 Å². The minimum Gasteiger partial charge on any atom is -0.342 e. The molecule has 1 amide bonds. The Bertz CT molecular complexity index is 421. The molecule has 2 unspecified atom stereocenters. The Hall–Kier alpha value is -0.490. The van der Waals surface area contributed by atoms with E-state index in [9.17, 15) is 18.0 Å². The Labute approximate surface area is 148 Å². The molecule has 0 radical (unpaired) electrons. The molecule has 0 aromatic heterocycles. The highest BCUT2D eigenvalue weighted by Gasteiger charge is 2.44. The van der Waals surface area contributed by atoms with E-state index in [1.165, 1.54) is 12.8 Å². The van der Waals surface area contributed by atoms with Gasteiger partial charge in [-0.15, -0.1) is 12.4 Å². The fourth-order valence-electron chi connectivity index (χ4n) is 3.93. The fourth-order valence-corrected chi connectivity index (χ4v) is 3.93. The zero-order valence-corrected chi connectivity index (χ0v) is 14.8. The number of carbonyl (C=O) groups is 1. The average Bonchev–Trinajstić information content (AvgIpc) is 3.36. The van der Waals surface area contributed by atoms with Gasteiger partial charge in [-0.1, -0.05) is 6.42 Å². The Morgan fingerprint density at radius 3 is 2.29 bits per heavy atom. The van der Waals surface area contributed by atoms with Crippen molar-refractivity contribution < 1.29 is 18.0 Å². The van der Waals surface area contributed by atoms with Gasteiger partial charge in [0.05, 0.1) is 5.92 Å². The number of alkyl halides is 3. The van der Waals surface area contributed by atoms with Crippen LogP contribution in [-0.4, -0.2) is 42.7 Å². The second-order valence-electron chi connectivity index (χ2n) is 7.55. The molecule has 3 fully saturated rings. The van der Waals surface area contributed by atoms with Gasteiger partial charge in [0, 0.05) is 25.0 Å². The maximum absolute atomic E-state index is 12.9. The van der Waals surface area contributed by atoms with Crippen LogP contribution >= 0.6 is 12.4 Å². The fraction of sp³-hybridized carbons (Fsp3) is 0.941. The van der Waals surface area contributed by atoms with E-state index in [-0.39, 0.29) is 31.2 Å². The number of nitrogens with one attached hydrogen (secondary N) is 1. The summed E-state index contributed by atoms with van der Waals surface area (Å²) in [5.41, 5.74) is 0. The molecule has 0 bridgehead atoms. The van der Waals surface area contributed by atoms with Crippen molar-refractivity contribution in [3.63, 3.8) is 0 Å². The summed E-state index contributed by atoms with van der Waals surface area (Å²) in [5.74, 6) is -0.912. The van der Waals surface area contributed by atoms with Crippen LogP contribution in [0.3, 0.4) is 0 Å². The van der Waals surface area contributed by atoms with Gasteiger partial charge in [0.1, 0.15) is 0 Å². The van der Waals surface area contributed by atoms with Gasteiger partial charge >= 0.3 is 6.18 Å². The molecule has 3 rings (SSSR count). The third-order valence-electron chi connectivity index (χ3n) is 5.69. The zero-order valence-electron chi connectivity index (χ0n) is 14.0. The molecule has 140 valence electrons. The maximum Gasteiger partial charge on any atom is 0.391 e. The summed E-state index contributed by atoms with van der Waals surface area (Å²) in [6, 6.07) is 0.467. The molecule has 7 heteroatoms. The van der Waals surface area contributed by atoms with Crippen molar-refractivity contribution in [1.29, 1.82) is 0 Å². The largest absolute Gasteiger partial charge is 0.391 e. The van der Waals surface area contributed by atoms with Crippen LogP contribution in [0.15, 0.2) is 0 Å². The van der Waals surface area contributed by atoms with E-state index in [1.54, 1.807) is 4.90 Å². The number of halogens is 4. The second kappa shape index (κ2) is 8.26. The molecule has 0 spiro atoms. The van der Waals surface area contributed by atoms with E-state index in [4.69, 9.17) is 0 Å². The van der Waals surface area contributed by atoms with Crippen LogP contribution in [0.2, 0.25) is 0 Å². The summed E-state index contributed by atoms with van der Waals surface area (Å²) in [7, 11) is 0. The van der Waals surface area contributed by atoms with E-state index >= 15 is 0 Å². The molecular formula is C17H28ClF3N2O. The molecule has 2 saturated carbocycles. The second-order valence-corrected chi connectivity index (χ2v) is 7.55. The Balaban J connectivity index is 0.00000208. The molecule has 24 heavy (non-hydrogen) atoms. The van der Waals surface area contributed by atoms with Gasteiger partial charge in [0.15, 0.2) is 0 Å². The molecule has 2 aliphatic carbocycles. The van der Waals surface area contributed by atoms with E-state index in [1.807, 2.05) is 0 Å². The van der Waals surface area contributed by atoms with Crippen LogP contribution in [0.5, 0.6) is 0 Å². The minimum absolute atomic E-state index is 0. The first-order valence-corrected chi connectivity index (χ1v) is 9.02. The van der Waals surface area contributed by atoms with Gasteiger partial charge in [0.25, 0.3) is 0 Å². The lowest BCUT2D eigenvalue weighted by Crippen LogP contribution is -2.48. The molecule has 0 aromatic rings. The molecule has 1 N–H and O–H groups in total. The quantitative estimate of drug-likeness (QED) is 0.819. The summed E-state index contributed by atoms with van der Waals surface area (Å²) in [4.78, 5) is 14.4. The van der Waals surface area contributed by atoms with Crippen molar-refractivity contribution in [2.75, 3.05) is 19.6 Å². The number of amides is 1. The summed E-state index contributed by atoms with van der Waals surface area (Å²) < 4.78 is 38.7. The highest BCUT2D eigenvalue weighted by molar-refractivity contribution is 5.85. The van der Waals surface area contributed by atoms with Crippen molar-refractivity contribution in [3.8, 4) is 0 Å². The zero-order chi connectivity index (χ0) is 16.4. The van der Waals surface area contributed by atoms with Gasteiger partial charge in [-0.05, 0) is 57.4 Å². The predicted molar refractivity (Wildman–Crippen MR) is 89.1 cm³/mol. The van der Waals surface area contributed by atoms with Gasteiger partial charge in [-0.25, -0.2) is 0 Å². The number of nitrogens with zero attached hydrogens (tertiary/aromatic N) is 1. The van der Waals surface area contributed by atoms with Crippen molar-refractivity contribution >= 4 is 18.3 Å². The highest BCUT2D eigenvalue weighted by atomic mass is 35.5. The molecule has 1 saturated heterocycles. The predicted octanol–water partition coefficient (Wildman–Crippen LogP) is 3.77. The molecule has 1 aliphatic heterocycles. The first-order valence-electron chi connectivity index (χ1n) is 9.02. The third kappa shape index (κ3) is 5.25. The van der Waals surface area contributed by atoms with E-state index < -0.39 is 18.0 Å². The van der Waals surface area contributed by atoms with Crippen LogP contribution in [0, 0.1) is 17.8 Å². The SMILES string of the molecule is Cl.O=C(C1CCCC(C(F)(F)F)C1)N1CCC(NCC2CC2)CC1. The summed E-state index contributed by atoms with van der Waals surface area (Å²) in [6.45, 7) is 2.46. The molecule has 1 heterocycles. The van der Waals surface area contributed by atoms with Crippen molar-refractivity contribution in [2.24, 2.45) is 17.8 Å². The average molecular weight is 369 g/mol. The lowest BCUT2D eigenvalue weighted by molar-refractivity contribution is -0.187. The summed E-state index contributed by atoms with van der Waals surface area (Å²) >= 11 is 0. The highest BCUT2D eigenvalue weighted by Crippen LogP contribution is 2.40. The van der Waals surface area contributed by atoms with Crippen LogP contribution in [0.4, 0.5) is 13.2 Å². The molecule has 0 aromatic carbocycles. The van der Waals surface area contributed by atoms with Gasteiger partial charge in [-0.3, -0.25) is 4.79 Å². The monoisotopic (exact) mass is 368 g/mol. The molecule has 3 nitrogen and oxygen atoms in total. The molecule has 3 aliphatic rings. The lowest BCUT2D eigenvalue weighted by Gasteiger charge is -2.37. The maximum atomic E-state index is 12.9. The number of piperidine rings is 1. The van der Waals surface area contributed by atoms with Gasteiger partial charge in [0.2, 0.25) is 5.91 Å². The molecule has 2 atom stereocenters. The van der Waals surface area contributed by atoms with Crippen LogP contribution in [0.25, 0.3) is 0 Å². The van der Waals surface area contributed by atoms with E-state index in [0.717, 1.165) is 25.3 Å². The number of rotatable bonds is 4. The van der Waals surface area contributed by atoms with Crippen LogP contribution < -0.4 is 5.32 Å². The number of hydrogen-bond acceptors (Lipinski definition) is 2. The third-order valence-corrected chi connectivity index (χ3v) is 5.69.